The van der Waals surface area contributed by atoms with Crippen LogP contribution in [0.5, 0.6) is 0 Å². The van der Waals surface area contributed by atoms with Crippen LogP contribution in [0, 0.1) is 5.92 Å². The lowest BCUT2D eigenvalue weighted by molar-refractivity contribution is 0.0897. The second-order valence-electron chi connectivity index (χ2n) is 6.77. The standard InChI is InChI=1S/C16H23N3O3S.ClH/c1-16(10-17,12-4-5-12)18-15(20)11-2-8-14(9-3-11)23(21,22)19-13-6-7-13;/h2-3,8-9,12-13,19H,4-7,10,17H2,1H3,(H,18,20);1H. The zero-order chi connectivity index (χ0) is 16.7. The van der Waals surface area contributed by atoms with Crippen molar-refractivity contribution in [2.24, 2.45) is 11.7 Å². The first-order valence-corrected chi connectivity index (χ1v) is 9.47. The molecule has 8 heteroatoms. The van der Waals surface area contributed by atoms with E-state index in [2.05, 4.69) is 10.0 Å². The Hall–Kier alpha value is -1.15. The molecule has 6 nitrogen and oxygen atoms in total. The zero-order valence-corrected chi connectivity index (χ0v) is 15.3. The number of rotatable bonds is 7. The van der Waals surface area contributed by atoms with Crippen LogP contribution in [-0.4, -0.2) is 32.5 Å². The van der Waals surface area contributed by atoms with Crippen molar-refractivity contribution >= 4 is 28.3 Å². The number of hydrogen-bond acceptors (Lipinski definition) is 4. The van der Waals surface area contributed by atoms with Gasteiger partial charge in [-0.3, -0.25) is 4.79 Å². The van der Waals surface area contributed by atoms with E-state index in [0.717, 1.165) is 25.7 Å². The highest BCUT2D eigenvalue weighted by Gasteiger charge is 2.41. The van der Waals surface area contributed by atoms with Crippen LogP contribution < -0.4 is 15.8 Å². The van der Waals surface area contributed by atoms with Gasteiger partial charge in [0.05, 0.1) is 10.4 Å². The maximum atomic E-state index is 12.4. The first kappa shape index (κ1) is 19.2. The van der Waals surface area contributed by atoms with Crippen molar-refractivity contribution in [2.75, 3.05) is 6.54 Å². The van der Waals surface area contributed by atoms with Gasteiger partial charge in [-0.25, -0.2) is 13.1 Å². The van der Waals surface area contributed by atoms with E-state index in [-0.39, 0.29) is 29.3 Å². The molecule has 1 unspecified atom stereocenters. The maximum absolute atomic E-state index is 12.4. The van der Waals surface area contributed by atoms with Crippen LogP contribution >= 0.6 is 12.4 Å². The van der Waals surface area contributed by atoms with Crippen molar-refractivity contribution in [3.63, 3.8) is 0 Å². The summed E-state index contributed by atoms with van der Waals surface area (Å²) in [6, 6.07) is 6.08. The molecule has 134 valence electrons. The molecule has 3 rings (SSSR count). The third kappa shape index (κ3) is 4.27. The SMILES string of the molecule is CC(CN)(NC(=O)c1ccc(S(=O)(=O)NC2CC2)cc1)C1CC1.Cl. The predicted molar refractivity (Wildman–Crippen MR) is 94.7 cm³/mol. The molecule has 0 bridgehead atoms. The monoisotopic (exact) mass is 373 g/mol. The topological polar surface area (TPSA) is 101 Å². The van der Waals surface area contributed by atoms with Gasteiger partial charge in [-0.2, -0.15) is 0 Å². The van der Waals surface area contributed by atoms with Crippen molar-refractivity contribution in [3.8, 4) is 0 Å². The smallest absolute Gasteiger partial charge is 0.251 e. The van der Waals surface area contributed by atoms with E-state index >= 15 is 0 Å². The molecule has 1 aromatic rings. The Morgan fingerprint density at radius 1 is 1.21 bits per heavy atom. The molecular formula is C16H24ClN3O3S. The summed E-state index contributed by atoms with van der Waals surface area (Å²) in [5.74, 6) is 0.211. The predicted octanol–water partition coefficient (Wildman–Crippen LogP) is 1.41. The van der Waals surface area contributed by atoms with Crippen molar-refractivity contribution in [1.29, 1.82) is 0 Å². The highest BCUT2D eigenvalue weighted by atomic mass is 35.5. The highest BCUT2D eigenvalue weighted by Crippen LogP contribution is 2.39. The van der Waals surface area contributed by atoms with Gasteiger partial charge < -0.3 is 11.1 Å². The number of nitrogens with one attached hydrogen (secondary N) is 2. The number of benzene rings is 1. The summed E-state index contributed by atoms with van der Waals surface area (Å²) in [7, 11) is -3.48. The first-order chi connectivity index (χ1) is 10.8. The van der Waals surface area contributed by atoms with Crippen LogP contribution in [0.1, 0.15) is 43.0 Å². The van der Waals surface area contributed by atoms with Gasteiger partial charge in [-0.15, -0.1) is 12.4 Å². The normalized spacial score (nSPS) is 19.9. The molecule has 0 aliphatic heterocycles. The maximum Gasteiger partial charge on any atom is 0.251 e. The highest BCUT2D eigenvalue weighted by molar-refractivity contribution is 7.89. The molecule has 2 fully saturated rings. The van der Waals surface area contributed by atoms with Gasteiger partial charge in [0.25, 0.3) is 5.91 Å². The van der Waals surface area contributed by atoms with Crippen LogP contribution in [0.3, 0.4) is 0 Å². The van der Waals surface area contributed by atoms with Crippen molar-refractivity contribution in [1.82, 2.24) is 10.0 Å². The number of hydrogen-bond donors (Lipinski definition) is 3. The Morgan fingerprint density at radius 3 is 2.25 bits per heavy atom. The zero-order valence-electron chi connectivity index (χ0n) is 13.6. The van der Waals surface area contributed by atoms with Gasteiger partial charge >= 0.3 is 0 Å². The summed E-state index contributed by atoms with van der Waals surface area (Å²) in [6.07, 6.45) is 3.94. The molecule has 4 N–H and O–H groups in total. The number of nitrogens with two attached hydrogens (primary N) is 1. The fourth-order valence-corrected chi connectivity index (χ4v) is 3.95. The Balaban J connectivity index is 0.00000208. The average molecular weight is 374 g/mol. The fraction of sp³-hybridized carbons (Fsp3) is 0.562. The summed E-state index contributed by atoms with van der Waals surface area (Å²) in [5, 5.41) is 2.99. The largest absolute Gasteiger partial charge is 0.345 e. The third-order valence-electron chi connectivity index (χ3n) is 4.63. The molecule has 2 saturated carbocycles. The van der Waals surface area contributed by atoms with Crippen LogP contribution in [0.2, 0.25) is 0 Å². The minimum Gasteiger partial charge on any atom is -0.345 e. The number of amides is 1. The molecule has 0 radical (unpaired) electrons. The molecule has 0 aromatic heterocycles. The molecule has 24 heavy (non-hydrogen) atoms. The van der Waals surface area contributed by atoms with Crippen molar-refractivity contribution in [3.05, 3.63) is 29.8 Å². The van der Waals surface area contributed by atoms with Crippen molar-refractivity contribution < 1.29 is 13.2 Å². The number of carbonyl (C=O) groups is 1. The van der Waals surface area contributed by atoms with Gasteiger partial charge in [0.1, 0.15) is 0 Å². The molecule has 1 amide bonds. The quantitative estimate of drug-likeness (QED) is 0.672. The molecule has 0 heterocycles. The van der Waals surface area contributed by atoms with Crippen LogP contribution in [0.25, 0.3) is 0 Å². The number of halogens is 1. The lowest BCUT2D eigenvalue weighted by Crippen LogP contribution is -2.53. The van der Waals surface area contributed by atoms with Gasteiger partial charge in [0.2, 0.25) is 10.0 Å². The molecular weight excluding hydrogens is 350 g/mol. The lowest BCUT2D eigenvalue weighted by Gasteiger charge is -2.29. The van der Waals surface area contributed by atoms with E-state index in [1.54, 1.807) is 12.1 Å². The number of sulfonamides is 1. The minimum atomic E-state index is -3.48. The summed E-state index contributed by atoms with van der Waals surface area (Å²) in [4.78, 5) is 12.6. The van der Waals surface area contributed by atoms with Crippen LogP contribution in [0.15, 0.2) is 29.2 Å². The summed E-state index contributed by atoms with van der Waals surface area (Å²) in [5.41, 5.74) is 5.85. The second kappa shape index (κ2) is 7.00. The van der Waals surface area contributed by atoms with E-state index in [9.17, 15) is 13.2 Å². The van der Waals surface area contributed by atoms with E-state index in [1.807, 2.05) is 6.92 Å². The van der Waals surface area contributed by atoms with Gasteiger partial charge in [0.15, 0.2) is 0 Å². The third-order valence-corrected chi connectivity index (χ3v) is 6.16. The average Bonchev–Trinajstić information content (AvgIpc) is 3.39. The van der Waals surface area contributed by atoms with E-state index < -0.39 is 15.6 Å². The van der Waals surface area contributed by atoms with Crippen molar-refractivity contribution in [2.45, 2.75) is 49.1 Å². The lowest BCUT2D eigenvalue weighted by atomic mass is 9.95. The molecule has 0 spiro atoms. The molecule has 2 aliphatic rings. The first-order valence-electron chi connectivity index (χ1n) is 7.99. The Labute approximate surface area is 149 Å². The fourth-order valence-electron chi connectivity index (χ4n) is 2.65. The summed E-state index contributed by atoms with van der Waals surface area (Å²) >= 11 is 0. The van der Waals surface area contributed by atoms with E-state index in [1.165, 1.54) is 12.1 Å². The number of carbonyl (C=O) groups excluding carboxylic acids is 1. The molecule has 1 aromatic carbocycles. The van der Waals surface area contributed by atoms with Gasteiger partial charge in [-0.05, 0) is 62.8 Å². The van der Waals surface area contributed by atoms with Gasteiger partial charge in [0, 0.05) is 18.2 Å². The summed E-state index contributed by atoms with van der Waals surface area (Å²) in [6.45, 7) is 2.35. The molecule has 1 atom stereocenters. The Morgan fingerprint density at radius 2 is 1.79 bits per heavy atom. The second-order valence-corrected chi connectivity index (χ2v) is 8.48. The van der Waals surface area contributed by atoms with Crippen LogP contribution in [0.4, 0.5) is 0 Å². The molecule has 2 aliphatic carbocycles. The van der Waals surface area contributed by atoms with Crippen LogP contribution in [-0.2, 0) is 10.0 Å². The Kier molecular flexibility index (Phi) is 5.59. The Bertz CT molecular complexity index is 700. The minimum absolute atomic E-state index is 0. The molecule has 0 saturated heterocycles. The summed E-state index contributed by atoms with van der Waals surface area (Å²) < 4.78 is 26.8. The van der Waals surface area contributed by atoms with Gasteiger partial charge in [-0.1, -0.05) is 0 Å². The van der Waals surface area contributed by atoms with E-state index in [4.69, 9.17) is 5.73 Å². The van der Waals surface area contributed by atoms with E-state index in [0.29, 0.717) is 18.0 Å².